The molecule has 0 amide bonds. The van der Waals surface area contributed by atoms with Crippen LogP contribution in [0.4, 0.5) is 4.39 Å². The summed E-state index contributed by atoms with van der Waals surface area (Å²) >= 11 is 0. The van der Waals surface area contributed by atoms with E-state index in [2.05, 4.69) is 10.2 Å². The lowest BCUT2D eigenvalue weighted by Gasteiger charge is -2.21. The second kappa shape index (κ2) is 6.89. The summed E-state index contributed by atoms with van der Waals surface area (Å²) < 4.78 is 23.9. The molecular formula is C17H19FN2O3. The topological polar surface area (TPSA) is 65.2 Å². The largest absolute Gasteiger partial charge is 0.452 e. The fourth-order valence-corrected chi connectivity index (χ4v) is 2.77. The minimum Gasteiger partial charge on any atom is -0.452 e. The number of esters is 1. The normalized spacial score (nSPS) is 17.0. The molecule has 1 fully saturated rings. The van der Waals surface area contributed by atoms with Crippen molar-refractivity contribution in [3.05, 3.63) is 36.0 Å². The fourth-order valence-electron chi connectivity index (χ4n) is 2.77. The monoisotopic (exact) mass is 318 g/mol. The molecule has 0 aliphatic heterocycles. The van der Waals surface area contributed by atoms with Gasteiger partial charge < -0.3 is 9.15 Å². The number of nitrogens with zero attached hydrogens (tertiary/aromatic N) is 2. The summed E-state index contributed by atoms with van der Waals surface area (Å²) in [5.74, 6) is -0.0262. The van der Waals surface area contributed by atoms with Gasteiger partial charge in [-0.3, -0.25) is 4.79 Å². The van der Waals surface area contributed by atoms with E-state index >= 15 is 0 Å². The third kappa shape index (κ3) is 3.75. The van der Waals surface area contributed by atoms with E-state index in [0.29, 0.717) is 5.56 Å². The smallest absolute Gasteiger partial charge is 0.309 e. The molecule has 1 heterocycles. The van der Waals surface area contributed by atoms with Crippen LogP contribution in [0.3, 0.4) is 0 Å². The Balaban J connectivity index is 1.64. The standard InChI is InChI=1S/C17H19FN2O3/c1-11(22-17(21)13-5-3-2-4-6-13)15-19-20-16(23-15)12-7-9-14(18)10-8-12/h7-11,13H,2-6H2,1H3/t11-/m0/s1. The van der Waals surface area contributed by atoms with Crippen molar-refractivity contribution in [2.75, 3.05) is 0 Å². The van der Waals surface area contributed by atoms with Crippen LogP contribution in [-0.2, 0) is 9.53 Å². The zero-order valence-electron chi connectivity index (χ0n) is 13.0. The number of aromatic nitrogens is 2. The van der Waals surface area contributed by atoms with Gasteiger partial charge in [0.25, 0.3) is 5.89 Å². The van der Waals surface area contributed by atoms with Crippen molar-refractivity contribution in [3.8, 4) is 11.5 Å². The van der Waals surface area contributed by atoms with E-state index in [-0.39, 0.29) is 29.5 Å². The summed E-state index contributed by atoms with van der Waals surface area (Å²) in [4.78, 5) is 12.1. The van der Waals surface area contributed by atoms with Crippen molar-refractivity contribution in [1.29, 1.82) is 0 Å². The van der Waals surface area contributed by atoms with Crippen molar-refractivity contribution < 1.29 is 18.3 Å². The predicted molar refractivity (Wildman–Crippen MR) is 80.8 cm³/mol. The van der Waals surface area contributed by atoms with Crippen LogP contribution in [-0.4, -0.2) is 16.2 Å². The maximum absolute atomic E-state index is 12.9. The summed E-state index contributed by atoms with van der Waals surface area (Å²) in [7, 11) is 0. The number of hydrogen-bond acceptors (Lipinski definition) is 5. The highest BCUT2D eigenvalue weighted by molar-refractivity contribution is 5.72. The lowest BCUT2D eigenvalue weighted by Crippen LogP contribution is -2.21. The van der Waals surface area contributed by atoms with Crippen LogP contribution in [0.5, 0.6) is 0 Å². The molecule has 0 spiro atoms. The Hall–Kier alpha value is -2.24. The summed E-state index contributed by atoms with van der Waals surface area (Å²) in [6.07, 6.45) is 4.51. The van der Waals surface area contributed by atoms with Crippen molar-refractivity contribution in [3.63, 3.8) is 0 Å². The number of benzene rings is 1. The van der Waals surface area contributed by atoms with Crippen LogP contribution in [0.25, 0.3) is 11.5 Å². The molecule has 0 N–H and O–H groups in total. The van der Waals surface area contributed by atoms with Crippen LogP contribution in [0.1, 0.15) is 51.0 Å². The highest BCUT2D eigenvalue weighted by atomic mass is 19.1. The maximum Gasteiger partial charge on any atom is 0.309 e. The predicted octanol–water partition coefficient (Wildman–Crippen LogP) is 4.06. The average molecular weight is 318 g/mol. The molecule has 6 heteroatoms. The molecule has 0 bridgehead atoms. The molecule has 5 nitrogen and oxygen atoms in total. The number of carbonyl (C=O) groups excluding carboxylic acids is 1. The minimum absolute atomic E-state index is 0.0225. The van der Waals surface area contributed by atoms with Gasteiger partial charge in [-0.15, -0.1) is 10.2 Å². The Labute approximate surface area is 133 Å². The van der Waals surface area contributed by atoms with Gasteiger partial charge in [0.2, 0.25) is 5.89 Å². The number of halogens is 1. The van der Waals surface area contributed by atoms with Gasteiger partial charge in [-0.2, -0.15) is 0 Å². The van der Waals surface area contributed by atoms with E-state index in [9.17, 15) is 9.18 Å². The van der Waals surface area contributed by atoms with E-state index in [4.69, 9.17) is 9.15 Å². The summed E-state index contributed by atoms with van der Waals surface area (Å²) in [5, 5.41) is 7.85. The Kier molecular flexibility index (Phi) is 4.69. The molecule has 0 saturated heterocycles. The van der Waals surface area contributed by atoms with E-state index in [1.807, 2.05) is 0 Å². The number of carbonyl (C=O) groups is 1. The van der Waals surface area contributed by atoms with Crippen LogP contribution >= 0.6 is 0 Å². The molecule has 1 atom stereocenters. The fraction of sp³-hybridized carbons (Fsp3) is 0.471. The van der Waals surface area contributed by atoms with Gasteiger partial charge in [0.1, 0.15) is 5.82 Å². The number of hydrogen-bond donors (Lipinski definition) is 0. The van der Waals surface area contributed by atoms with Crippen molar-refractivity contribution in [2.24, 2.45) is 5.92 Å². The van der Waals surface area contributed by atoms with Gasteiger partial charge in [-0.1, -0.05) is 19.3 Å². The maximum atomic E-state index is 12.9. The molecule has 0 radical (unpaired) electrons. The molecular weight excluding hydrogens is 299 g/mol. The van der Waals surface area contributed by atoms with Crippen LogP contribution in [0.2, 0.25) is 0 Å². The first kappa shape index (κ1) is 15.6. The van der Waals surface area contributed by atoms with E-state index in [1.165, 1.54) is 18.6 Å². The van der Waals surface area contributed by atoms with Gasteiger partial charge in [0.15, 0.2) is 6.10 Å². The van der Waals surface area contributed by atoms with Gasteiger partial charge in [-0.25, -0.2) is 4.39 Å². The third-order valence-electron chi connectivity index (χ3n) is 4.11. The molecule has 1 saturated carbocycles. The highest BCUT2D eigenvalue weighted by Crippen LogP contribution is 2.28. The van der Waals surface area contributed by atoms with E-state index in [0.717, 1.165) is 25.7 Å². The molecule has 0 unspecified atom stereocenters. The second-order valence-corrected chi connectivity index (χ2v) is 5.87. The average Bonchev–Trinajstić information content (AvgIpc) is 3.06. The van der Waals surface area contributed by atoms with Crippen molar-refractivity contribution in [1.82, 2.24) is 10.2 Å². The molecule has 1 aromatic carbocycles. The summed E-state index contributed by atoms with van der Waals surface area (Å²) in [5.41, 5.74) is 0.621. The Morgan fingerprint density at radius 3 is 2.61 bits per heavy atom. The van der Waals surface area contributed by atoms with Crippen molar-refractivity contribution >= 4 is 5.97 Å². The van der Waals surface area contributed by atoms with Crippen LogP contribution in [0.15, 0.2) is 28.7 Å². The summed E-state index contributed by atoms with van der Waals surface area (Å²) in [6.45, 7) is 1.71. The van der Waals surface area contributed by atoms with Crippen LogP contribution < -0.4 is 0 Å². The number of rotatable bonds is 4. The van der Waals surface area contributed by atoms with E-state index in [1.54, 1.807) is 19.1 Å². The molecule has 2 aromatic rings. The Morgan fingerprint density at radius 2 is 1.91 bits per heavy atom. The first-order chi connectivity index (χ1) is 11.1. The molecule has 122 valence electrons. The van der Waals surface area contributed by atoms with Gasteiger partial charge in [0, 0.05) is 5.56 Å². The van der Waals surface area contributed by atoms with E-state index < -0.39 is 6.10 Å². The molecule has 3 rings (SSSR count). The quantitative estimate of drug-likeness (QED) is 0.795. The lowest BCUT2D eigenvalue weighted by atomic mass is 9.89. The zero-order valence-corrected chi connectivity index (χ0v) is 13.0. The first-order valence-corrected chi connectivity index (χ1v) is 7.93. The highest BCUT2D eigenvalue weighted by Gasteiger charge is 2.26. The number of ether oxygens (including phenoxy) is 1. The van der Waals surface area contributed by atoms with Gasteiger partial charge in [-0.05, 0) is 44.0 Å². The zero-order chi connectivity index (χ0) is 16.2. The van der Waals surface area contributed by atoms with Gasteiger partial charge in [0.05, 0.1) is 5.92 Å². The van der Waals surface area contributed by atoms with Crippen LogP contribution in [0, 0.1) is 11.7 Å². The first-order valence-electron chi connectivity index (χ1n) is 7.93. The SMILES string of the molecule is C[C@H](OC(=O)C1CCCCC1)c1nnc(-c2ccc(F)cc2)o1. The minimum atomic E-state index is -0.592. The van der Waals surface area contributed by atoms with Crippen molar-refractivity contribution in [2.45, 2.75) is 45.1 Å². The Bertz CT molecular complexity index is 663. The second-order valence-electron chi connectivity index (χ2n) is 5.87. The molecule has 1 aliphatic carbocycles. The molecule has 23 heavy (non-hydrogen) atoms. The third-order valence-corrected chi connectivity index (χ3v) is 4.11. The lowest BCUT2D eigenvalue weighted by molar-refractivity contribution is -0.155. The summed E-state index contributed by atoms with van der Waals surface area (Å²) in [6, 6.07) is 5.77. The Morgan fingerprint density at radius 1 is 1.22 bits per heavy atom. The molecule has 1 aliphatic rings. The molecule has 1 aromatic heterocycles. The van der Waals surface area contributed by atoms with Gasteiger partial charge >= 0.3 is 5.97 Å².